The Balaban J connectivity index is 2.83. The van der Waals surface area contributed by atoms with Gasteiger partial charge in [0.1, 0.15) is 0 Å². The highest BCUT2D eigenvalue weighted by Crippen LogP contribution is 2.38. The van der Waals surface area contributed by atoms with Crippen molar-refractivity contribution in [3.8, 4) is 0 Å². The van der Waals surface area contributed by atoms with Gasteiger partial charge in [0.2, 0.25) is 0 Å². The Hall–Kier alpha value is -0.163. The molecule has 1 rings (SSSR count). The Morgan fingerprint density at radius 1 is 1.19 bits per heavy atom. The molecule has 2 atom stereocenters. The maximum atomic E-state index is 12.4. The number of hydrogen-bond acceptors (Lipinski definition) is 4. The summed E-state index contributed by atoms with van der Waals surface area (Å²) in [5.74, 6) is 0. The van der Waals surface area contributed by atoms with E-state index >= 15 is 0 Å². The van der Waals surface area contributed by atoms with E-state index in [1.165, 1.54) is 0 Å². The van der Waals surface area contributed by atoms with E-state index < -0.39 is 36.0 Å². The first-order valence-electron chi connectivity index (χ1n) is 6.64. The zero-order chi connectivity index (χ0) is 16.7. The fourth-order valence-corrected chi connectivity index (χ4v) is 3.84. The molecule has 0 aliphatic carbocycles. The molecule has 0 aromatic carbocycles. The highest BCUT2D eigenvalue weighted by atomic mass is 32.2. The van der Waals surface area contributed by atoms with E-state index in [0.717, 1.165) is 0 Å². The van der Waals surface area contributed by atoms with Crippen molar-refractivity contribution >= 4 is 18.3 Å². The van der Waals surface area contributed by atoms with Crippen LogP contribution < -0.4 is 10.0 Å². The molecule has 2 N–H and O–H groups in total. The minimum atomic E-state index is -5.36. The zero-order valence-electron chi connectivity index (χ0n) is 12.8. The lowest BCUT2D eigenvalue weighted by Gasteiger charge is -2.39. The Bertz CT molecular complexity index is 474. The van der Waals surface area contributed by atoms with Crippen LogP contribution in [0.1, 0.15) is 20.8 Å². The molecule has 10 heteroatoms. The zero-order valence-corrected chi connectivity index (χ0v) is 14.7. The molecule has 126 valence electrons. The van der Waals surface area contributed by atoms with E-state index in [1.807, 2.05) is 33.9 Å². The molecule has 0 amide bonds. The van der Waals surface area contributed by atoms with Crippen molar-refractivity contribution in [1.82, 2.24) is 10.0 Å². The summed E-state index contributed by atoms with van der Waals surface area (Å²) in [7, 11) is -7.55. The Labute approximate surface area is 124 Å². The smallest absolute Gasteiger partial charge is 0.411 e. The van der Waals surface area contributed by atoms with E-state index in [4.69, 9.17) is 4.43 Å². The molecule has 1 aliphatic heterocycles. The van der Waals surface area contributed by atoms with Crippen molar-refractivity contribution < 1.29 is 26.0 Å². The normalized spacial score (nSPS) is 25.3. The van der Waals surface area contributed by atoms with Gasteiger partial charge in [0, 0.05) is 13.1 Å². The molecule has 0 unspecified atom stereocenters. The minimum absolute atomic E-state index is 0.108. The second-order valence-electron chi connectivity index (χ2n) is 6.75. The van der Waals surface area contributed by atoms with Crippen LogP contribution in [0.25, 0.3) is 0 Å². The highest BCUT2D eigenvalue weighted by molar-refractivity contribution is 7.90. The third kappa shape index (κ3) is 4.41. The predicted octanol–water partition coefficient (Wildman–Crippen LogP) is 1.79. The van der Waals surface area contributed by atoms with Crippen LogP contribution >= 0.6 is 0 Å². The van der Waals surface area contributed by atoms with Gasteiger partial charge in [-0.05, 0) is 18.1 Å². The summed E-state index contributed by atoms with van der Waals surface area (Å²) < 4.78 is 67.4. The first kappa shape index (κ1) is 18.9. The van der Waals surface area contributed by atoms with Crippen molar-refractivity contribution in [1.29, 1.82) is 0 Å². The SMILES string of the molecule is CC(C)(C)[Si](C)(C)O[C@@H]1CNC[C@H]1NS(=O)(=O)C(F)(F)F. The van der Waals surface area contributed by atoms with Crippen LogP contribution in [0.4, 0.5) is 13.2 Å². The van der Waals surface area contributed by atoms with Crippen molar-refractivity contribution in [2.75, 3.05) is 13.1 Å². The van der Waals surface area contributed by atoms with Crippen molar-refractivity contribution in [3.63, 3.8) is 0 Å². The van der Waals surface area contributed by atoms with Crippen molar-refractivity contribution in [2.24, 2.45) is 0 Å². The van der Waals surface area contributed by atoms with Crippen LogP contribution in [-0.2, 0) is 14.4 Å². The van der Waals surface area contributed by atoms with Crippen LogP contribution in [0, 0.1) is 0 Å². The van der Waals surface area contributed by atoms with Gasteiger partial charge in [-0.3, -0.25) is 0 Å². The second kappa shape index (κ2) is 5.80. The molecule has 1 heterocycles. The predicted molar refractivity (Wildman–Crippen MR) is 76.8 cm³/mol. The van der Waals surface area contributed by atoms with E-state index in [9.17, 15) is 21.6 Å². The quantitative estimate of drug-likeness (QED) is 0.760. The lowest BCUT2D eigenvalue weighted by molar-refractivity contribution is -0.0453. The van der Waals surface area contributed by atoms with Gasteiger partial charge < -0.3 is 9.74 Å². The Kier molecular flexibility index (Phi) is 5.22. The van der Waals surface area contributed by atoms with Gasteiger partial charge >= 0.3 is 15.5 Å². The molecule has 0 spiro atoms. The lowest BCUT2D eigenvalue weighted by Crippen LogP contribution is -2.53. The van der Waals surface area contributed by atoms with Gasteiger partial charge in [-0.25, -0.2) is 13.1 Å². The maximum Gasteiger partial charge on any atom is 0.511 e. The second-order valence-corrected chi connectivity index (χ2v) is 13.2. The molecule has 0 radical (unpaired) electrons. The molecule has 0 bridgehead atoms. The lowest BCUT2D eigenvalue weighted by atomic mass is 10.2. The fourth-order valence-electron chi connectivity index (χ4n) is 1.72. The number of nitrogens with one attached hydrogen (secondary N) is 2. The minimum Gasteiger partial charge on any atom is -0.411 e. The maximum absolute atomic E-state index is 12.4. The van der Waals surface area contributed by atoms with E-state index in [2.05, 4.69) is 5.32 Å². The largest absolute Gasteiger partial charge is 0.511 e. The standard InChI is InChI=1S/C11H23F3N2O3SSi/c1-10(2,3)21(4,5)19-9-7-15-6-8(9)16-20(17,18)11(12,13)14/h8-9,15-16H,6-7H2,1-5H3/t8-,9-/m1/s1. The number of halogens is 3. The number of alkyl halides is 3. The Morgan fingerprint density at radius 2 is 1.71 bits per heavy atom. The summed E-state index contributed by atoms with van der Waals surface area (Å²) in [4.78, 5) is 0. The molecule has 5 nitrogen and oxygen atoms in total. The Morgan fingerprint density at radius 3 is 2.14 bits per heavy atom. The van der Waals surface area contributed by atoms with Gasteiger partial charge in [0.25, 0.3) is 0 Å². The monoisotopic (exact) mass is 348 g/mol. The highest BCUT2D eigenvalue weighted by Gasteiger charge is 2.49. The molecule has 21 heavy (non-hydrogen) atoms. The van der Waals surface area contributed by atoms with Crippen molar-refractivity contribution in [2.45, 2.75) is 56.6 Å². The fraction of sp³-hybridized carbons (Fsp3) is 1.00. The summed E-state index contributed by atoms with van der Waals surface area (Å²) in [6, 6.07) is -0.911. The summed E-state index contributed by atoms with van der Waals surface area (Å²) in [5.41, 5.74) is -5.31. The van der Waals surface area contributed by atoms with Crippen LogP contribution in [0.15, 0.2) is 0 Å². The first-order valence-corrected chi connectivity index (χ1v) is 11.0. The van der Waals surface area contributed by atoms with E-state index in [-0.39, 0.29) is 11.6 Å². The summed E-state index contributed by atoms with van der Waals surface area (Å²) in [6.07, 6.45) is -0.594. The topological polar surface area (TPSA) is 67.4 Å². The van der Waals surface area contributed by atoms with Crippen LogP contribution in [-0.4, -0.2) is 47.5 Å². The number of rotatable bonds is 4. The van der Waals surface area contributed by atoms with Crippen LogP contribution in [0.3, 0.4) is 0 Å². The number of hydrogen-bond donors (Lipinski definition) is 2. The summed E-state index contributed by atoms with van der Waals surface area (Å²) in [6.45, 7) is 10.4. The first-order chi connectivity index (χ1) is 9.17. The van der Waals surface area contributed by atoms with Gasteiger partial charge in [-0.2, -0.15) is 13.2 Å². The van der Waals surface area contributed by atoms with Crippen LogP contribution in [0.2, 0.25) is 18.1 Å². The van der Waals surface area contributed by atoms with Gasteiger partial charge in [0.15, 0.2) is 8.32 Å². The molecule has 1 fully saturated rings. The van der Waals surface area contributed by atoms with Crippen LogP contribution in [0.5, 0.6) is 0 Å². The molecule has 0 aromatic heterocycles. The van der Waals surface area contributed by atoms with E-state index in [0.29, 0.717) is 6.54 Å². The third-order valence-corrected chi connectivity index (χ3v) is 9.75. The number of sulfonamides is 1. The van der Waals surface area contributed by atoms with Gasteiger partial charge in [-0.1, -0.05) is 20.8 Å². The average molecular weight is 348 g/mol. The molecule has 1 saturated heterocycles. The molecule has 1 aliphatic rings. The van der Waals surface area contributed by atoms with Gasteiger partial charge in [0.05, 0.1) is 12.1 Å². The molecule has 0 aromatic rings. The molecule has 0 saturated carbocycles. The molecular weight excluding hydrogens is 325 g/mol. The summed E-state index contributed by atoms with van der Waals surface area (Å²) in [5, 5.41) is 2.77. The van der Waals surface area contributed by atoms with Gasteiger partial charge in [-0.15, -0.1) is 0 Å². The average Bonchev–Trinajstić information content (AvgIpc) is 2.60. The third-order valence-electron chi connectivity index (χ3n) is 4.02. The molecular formula is C11H23F3N2O3SSi. The van der Waals surface area contributed by atoms with Crippen molar-refractivity contribution in [3.05, 3.63) is 0 Å². The van der Waals surface area contributed by atoms with E-state index in [1.54, 1.807) is 4.72 Å². The summed E-state index contributed by atoms with van der Waals surface area (Å²) >= 11 is 0.